The molecule has 0 saturated heterocycles. The Labute approximate surface area is 113 Å². The first-order valence-electron chi connectivity index (χ1n) is 5.11. The van der Waals surface area contributed by atoms with E-state index in [1.807, 2.05) is 29.7 Å². The molecule has 0 bridgehead atoms. The minimum Gasteiger partial charge on any atom is -0.308 e. The molecule has 0 aliphatic rings. The van der Waals surface area contributed by atoms with E-state index in [2.05, 4.69) is 53.3 Å². The zero-order valence-electron chi connectivity index (χ0n) is 9.50. The maximum atomic E-state index is 3.64. The van der Waals surface area contributed by atoms with Crippen LogP contribution in [0.15, 0.2) is 22.7 Å². The number of hydrogen-bond acceptors (Lipinski definition) is 3. The van der Waals surface area contributed by atoms with Crippen LogP contribution in [0.25, 0.3) is 0 Å². The molecular weight excluding hydrogens is 302 g/mol. The minimum absolute atomic E-state index is 0.312. The third-order valence-electron chi connectivity index (χ3n) is 2.43. The predicted molar refractivity (Wildman–Crippen MR) is 76.7 cm³/mol. The van der Waals surface area contributed by atoms with Gasteiger partial charge in [0, 0.05) is 24.0 Å². The van der Waals surface area contributed by atoms with E-state index in [9.17, 15) is 0 Å². The first-order valence-corrected chi connectivity index (χ1v) is 7.54. The quantitative estimate of drug-likeness (QED) is 0.879. The lowest BCUT2D eigenvalue weighted by Crippen LogP contribution is -2.15. The summed E-state index contributed by atoms with van der Waals surface area (Å²) in [7, 11) is 2.02. The lowest BCUT2D eigenvalue weighted by molar-refractivity contribution is 0.714. The molecule has 2 aromatic heterocycles. The Morgan fingerprint density at radius 3 is 2.38 bits per heavy atom. The van der Waals surface area contributed by atoms with Gasteiger partial charge in [-0.05, 0) is 55.0 Å². The number of rotatable bonds is 3. The van der Waals surface area contributed by atoms with Gasteiger partial charge in [0.2, 0.25) is 0 Å². The van der Waals surface area contributed by atoms with Crippen LogP contribution in [0.1, 0.15) is 25.6 Å². The molecule has 0 aromatic carbocycles. The van der Waals surface area contributed by atoms with Gasteiger partial charge in [0.1, 0.15) is 0 Å². The van der Waals surface area contributed by atoms with Crippen molar-refractivity contribution in [1.82, 2.24) is 5.32 Å². The van der Waals surface area contributed by atoms with Crippen molar-refractivity contribution in [2.75, 3.05) is 7.05 Å². The first-order chi connectivity index (χ1) is 7.61. The molecule has 0 amide bonds. The van der Waals surface area contributed by atoms with E-state index >= 15 is 0 Å². The van der Waals surface area contributed by atoms with Crippen LogP contribution in [-0.4, -0.2) is 7.05 Å². The van der Waals surface area contributed by atoms with Crippen LogP contribution in [0.4, 0.5) is 0 Å². The van der Waals surface area contributed by atoms with Gasteiger partial charge < -0.3 is 5.32 Å². The molecule has 0 aliphatic carbocycles. The minimum atomic E-state index is 0.312. The van der Waals surface area contributed by atoms with Crippen LogP contribution in [0, 0.1) is 13.8 Å². The van der Waals surface area contributed by atoms with E-state index in [-0.39, 0.29) is 0 Å². The summed E-state index contributed by atoms with van der Waals surface area (Å²) >= 11 is 7.34. The van der Waals surface area contributed by atoms with Crippen molar-refractivity contribution in [3.63, 3.8) is 0 Å². The van der Waals surface area contributed by atoms with E-state index in [0.29, 0.717) is 6.04 Å². The number of hydrogen-bond donors (Lipinski definition) is 1. The third kappa shape index (κ3) is 2.40. The van der Waals surface area contributed by atoms with Crippen LogP contribution in [0.5, 0.6) is 0 Å². The molecule has 2 heterocycles. The van der Waals surface area contributed by atoms with Crippen molar-refractivity contribution in [1.29, 1.82) is 0 Å². The van der Waals surface area contributed by atoms with Gasteiger partial charge in [-0.25, -0.2) is 0 Å². The zero-order chi connectivity index (χ0) is 11.7. The molecular formula is C12H14BrNS2. The molecule has 86 valence electrons. The summed E-state index contributed by atoms with van der Waals surface area (Å²) in [5.41, 5.74) is 0. The lowest BCUT2D eigenvalue weighted by Gasteiger charge is -2.13. The highest BCUT2D eigenvalue weighted by Crippen LogP contribution is 2.37. The summed E-state index contributed by atoms with van der Waals surface area (Å²) in [5.74, 6) is 0. The summed E-state index contributed by atoms with van der Waals surface area (Å²) in [6.07, 6.45) is 0. The molecule has 0 radical (unpaired) electrons. The molecule has 16 heavy (non-hydrogen) atoms. The van der Waals surface area contributed by atoms with Crippen molar-refractivity contribution < 1.29 is 0 Å². The number of halogens is 1. The fraction of sp³-hybridized carbons (Fsp3) is 0.333. The molecule has 4 heteroatoms. The Morgan fingerprint density at radius 1 is 1.19 bits per heavy atom. The van der Waals surface area contributed by atoms with E-state index in [1.165, 1.54) is 24.0 Å². The third-order valence-corrected chi connectivity index (χ3v) is 5.53. The van der Waals surface area contributed by atoms with Gasteiger partial charge in [-0.3, -0.25) is 0 Å². The van der Waals surface area contributed by atoms with Crippen LogP contribution < -0.4 is 5.32 Å². The summed E-state index contributed by atoms with van der Waals surface area (Å²) in [6, 6.07) is 6.89. The topological polar surface area (TPSA) is 12.0 Å². The van der Waals surface area contributed by atoms with Crippen molar-refractivity contribution in [3.05, 3.63) is 42.2 Å². The monoisotopic (exact) mass is 315 g/mol. The second-order valence-electron chi connectivity index (χ2n) is 3.74. The molecule has 1 unspecified atom stereocenters. The van der Waals surface area contributed by atoms with Crippen molar-refractivity contribution >= 4 is 38.6 Å². The van der Waals surface area contributed by atoms with Crippen LogP contribution in [-0.2, 0) is 0 Å². The van der Waals surface area contributed by atoms with Crippen molar-refractivity contribution in [2.45, 2.75) is 19.9 Å². The smallest absolute Gasteiger partial charge is 0.0774 e. The molecule has 2 aromatic rings. The molecule has 0 saturated carbocycles. The Hall–Kier alpha value is -0.160. The standard InChI is InChI=1S/C12H14BrNS2/c1-7-4-5-10(15-7)11(14-3)12-9(13)6-8(2)16-12/h4-6,11,14H,1-3H3. The van der Waals surface area contributed by atoms with Crippen LogP contribution >= 0.6 is 38.6 Å². The van der Waals surface area contributed by atoms with Crippen LogP contribution in [0.3, 0.4) is 0 Å². The summed E-state index contributed by atoms with van der Waals surface area (Å²) in [4.78, 5) is 5.44. The van der Waals surface area contributed by atoms with Crippen molar-refractivity contribution in [2.24, 2.45) is 0 Å². The zero-order valence-corrected chi connectivity index (χ0v) is 12.7. The maximum absolute atomic E-state index is 3.64. The normalized spacial score (nSPS) is 13.0. The van der Waals surface area contributed by atoms with Gasteiger partial charge in [-0.1, -0.05) is 0 Å². The van der Waals surface area contributed by atoms with E-state index < -0.39 is 0 Å². The van der Waals surface area contributed by atoms with Crippen molar-refractivity contribution in [3.8, 4) is 0 Å². The average molecular weight is 316 g/mol. The van der Waals surface area contributed by atoms with E-state index in [1.54, 1.807) is 0 Å². The second kappa shape index (κ2) is 5.00. The van der Waals surface area contributed by atoms with E-state index in [0.717, 1.165) is 0 Å². The molecule has 0 fully saturated rings. The van der Waals surface area contributed by atoms with Gasteiger partial charge in [0.05, 0.1) is 6.04 Å². The number of aryl methyl sites for hydroxylation is 2. The first kappa shape index (κ1) is 12.3. The number of nitrogens with one attached hydrogen (secondary N) is 1. The summed E-state index contributed by atoms with van der Waals surface area (Å²) < 4.78 is 1.21. The number of thiophene rings is 2. The molecule has 1 atom stereocenters. The SMILES string of the molecule is CNC(c1ccc(C)s1)c1sc(C)cc1Br. The molecule has 1 nitrogen and oxygen atoms in total. The Kier molecular flexibility index (Phi) is 3.85. The van der Waals surface area contributed by atoms with Gasteiger partial charge in [0.15, 0.2) is 0 Å². The Morgan fingerprint density at radius 2 is 1.94 bits per heavy atom. The largest absolute Gasteiger partial charge is 0.308 e. The molecule has 1 N–H and O–H groups in total. The lowest BCUT2D eigenvalue weighted by atomic mass is 10.2. The van der Waals surface area contributed by atoms with Gasteiger partial charge >= 0.3 is 0 Å². The fourth-order valence-corrected chi connectivity index (χ4v) is 4.79. The second-order valence-corrected chi connectivity index (χ2v) is 7.20. The Bertz CT molecular complexity index is 487. The summed E-state index contributed by atoms with van der Waals surface area (Å²) in [5, 5.41) is 3.39. The predicted octanol–water partition coefficient (Wildman–Crippen LogP) is 4.50. The molecule has 0 aliphatic heterocycles. The maximum Gasteiger partial charge on any atom is 0.0774 e. The highest BCUT2D eigenvalue weighted by atomic mass is 79.9. The van der Waals surface area contributed by atoms with Crippen LogP contribution in [0.2, 0.25) is 0 Å². The van der Waals surface area contributed by atoms with Gasteiger partial charge in [-0.15, -0.1) is 22.7 Å². The Balaban J connectivity index is 2.40. The molecule has 0 spiro atoms. The van der Waals surface area contributed by atoms with Gasteiger partial charge in [-0.2, -0.15) is 0 Å². The van der Waals surface area contributed by atoms with E-state index in [4.69, 9.17) is 0 Å². The molecule has 2 rings (SSSR count). The highest BCUT2D eigenvalue weighted by molar-refractivity contribution is 9.10. The highest BCUT2D eigenvalue weighted by Gasteiger charge is 2.18. The fourth-order valence-electron chi connectivity index (χ4n) is 1.71. The van der Waals surface area contributed by atoms with Gasteiger partial charge in [0.25, 0.3) is 0 Å². The average Bonchev–Trinajstić information content (AvgIpc) is 2.76. The summed E-state index contributed by atoms with van der Waals surface area (Å²) in [6.45, 7) is 4.29.